The lowest BCUT2D eigenvalue weighted by Gasteiger charge is -2.34. The molecule has 5 heteroatoms. The molecule has 0 radical (unpaired) electrons. The van der Waals surface area contributed by atoms with E-state index in [-0.39, 0.29) is 17.4 Å². The predicted octanol–water partition coefficient (Wildman–Crippen LogP) is 7.35. The first-order chi connectivity index (χ1) is 18.9. The third kappa shape index (κ3) is 5.09. The van der Waals surface area contributed by atoms with Crippen molar-refractivity contribution < 1.29 is 4.79 Å². The Morgan fingerprint density at radius 2 is 1.51 bits per heavy atom. The molecule has 1 aromatic heterocycles. The first kappa shape index (κ1) is 26.4. The van der Waals surface area contributed by atoms with E-state index in [4.69, 9.17) is 4.98 Å². The van der Waals surface area contributed by atoms with E-state index in [2.05, 4.69) is 39.8 Å². The molecule has 0 aliphatic rings. The van der Waals surface area contributed by atoms with E-state index in [1.807, 2.05) is 83.8 Å². The molecule has 0 N–H and O–H groups in total. The van der Waals surface area contributed by atoms with Gasteiger partial charge in [-0.1, -0.05) is 88.4 Å². The third-order valence-electron chi connectivity index (χ3n) is 7.31. The van der Waals surface area contributed by atoms with Gasteiger partial charge in [0.25, 0.3) is 11.5 Å². The molecule has 198 valence electrons. The van der Waals surface area contributed by atoms with E-state index in [1.165, 1.54) is 5.56 Å². The van der Waals surface area contributed by atoms with Crippen molar-refractivity contribution in [3.8, 4) is 5.69 Å². The normalized spacial score (nSPS) is 12.2. The van der Waals surface area contributed by atoms with E-state index < -0.39 is 6.04 Å². The van der Waals surface area contributed by atoms with E-state index in [1.54, 1.807) is 4.57 Å². The Kier molecular flexibility index (Phi) is 7.60. The van der Waals surface area contributed by atoms with Crippen molar-refractivity contribution in [2.24, 2.45) is 5.92 Å². The Bertz CT molecular complexity index is 1680. The molecule has 5 rings (SSSR count). The summed E-state index contributed by atoms with van der Waals surface area (Å²) >= 11 is 0. The fourth-order valence-electron chi connectivity index (χ4n) is 5.36. The van der Waals surface area contributed by atoms with Gasteiger partial charge in [0.1, 0.15) is 5.82 Å². The smallest absolute Gasteiger partial charge is 0.266 e. The van der Waals surface area contributed by atoms with E-state index in [9.17, 15) is 9.59 Å². The average Bonchev–Trinajstić information content (AvgIpc) is 2.96. The standard InChI is InChI=1S/C34H35N3O2/c1-5-24-18-20-26(21-19-24)37-32(35-30-17-10-9-15-29(30)34(37)39)31(6-2)36(22-23(3)4)33(38)28-16-11-13-25-12-7-8-14-27(25)28/h7-21,23,31H,5-6,22H2,1-4H3. The SMILES string of the molecule is CCc1ccc(-n2c(C(CC)N(CC(C)C)C(=O)c3cccc4ccccc34)nc3ccccc3c2=O)cc1. The topological polar surface area (TPSA) is 55.2 Å². The van der Waals surface area contributed by atoms with Gasteiger partial charge in [-0.05, 0) is 65.4 Å². The molecule has 4 aromatic carbocycles. The van der Waals surface area contributed by atoms with Crippen LogP contribution in [0.4, 0.5) is 0 Å². The number of hydrogen-bond donors (Lipinski definition) is 0. The molecule has 0 aliphatic carbocycles. The fraction of sp³-hybridized carbons (Fsp3) is 0.265. The number of fused-ring (bicyclic) bond motifs is 2. The Hall–Kier alpha value is -4.25. The van der Waals surface area contributed by atoms with Crippen LogP contribution in [0.3, 0.4) is 0 Å². The maximum atomic E-state index is 14.4. The van der Waals surface area contributed by atoms with Crippen LogP contribution in [0.25, 0.3) is 27.4 Å². The van der Waals surface area contributed by atoms with Crippen LogP contribution in [0, 0.1) is 5.92 Å². The lowest BCUT2D eigenvalue weighted by Crippen LogP contribution is -2.40. The molecule has 1 unspecified atom stereocenters. The number of carbonyl (C=O) groups excluding carboxylic acids is 1. The summed E-state index contributed by atoms with van der Waals surface area (Å²) in [5.74, 6) is 0.754. The summed E-state index contributed by atoms with van der Waals surface area (Å²) in [5, 5.41) is 2.51. The number of aromatic nitrogens is 2. The van der Waals surface area contributed by atoms with Gasteiger partial charge in [-0.15, -0.1) is 0 Å². The highest BCUT2D eigenvalue weighted by Crippen LogP contribution is 2.30. The zero-order valence-electron chi connectivity index (χ0n) is 23.1. The highest BCUT2D eigenvalue weighted by Gasteiger charge is 2.31. The minimum atomic E-state index is -0.401. The van der Waals surface area contributed by atoms with Crippen LogP contribution in [-0.4, -0.2) is 26.9 Å². The average molecular weight is 518 g/mol. The van der Waals surface area contributed by atoms with Crippen LogP contribution in [-0.2, 0) is 6.42 Å². The number of nitrogens with zero attached hydrogens (tertiary/aromatic N) is 3. The molecule has 1 atom stereocenters. The molecule has 0 saturated carbocycles. The van der Waals surface area contributed by atoms with Crippen LogP contribution >= 0.6 is 0 Å². The maximum Gasteiger partial charge on any atom is 0.266 e. The molecule has 0 spiro atoms. The van der Waals surface area contributed by atoms with Crippen LogP contribution in [0.15, 0.2) is 95.8 Å². The Morgan fingerprint density at radius 1 is 0.846 bits per heavy atom. The summed E-state index contributed by atoms with van der Waals surface area (Å²) in [4.78, 5) is 35.3. The summed E-state index contributed by atoms with van der Waals surface area (Å²) < 4.78 is 1.71. The van der Waals surface area contributed by atoms with Crippen molar-refractivity contribution in [2.75, 3.05) is 6.54 Å². The van der Waals surface area contributed by atoms with Gasteiger partial charge in [0.05, 0.1) is 22.6 Å². The van der Waals surface area contributed by atoms with E-state index >= 15 is 0 Å². The lowest BCUT2D eigenvalue weighted by atomic mass is 10.0. The first-order valence-electron chi connectivity index (χ1n) is 13.8. The molecule has 39 heavy (non-hydrogen) atoms. The summed E-state index contributed by atoms with van der Waals surface area (Å²) in [6.07, 6.45) is 1.53. The van der Waals surface area contributed by atoms with Gasteiger partial charge in [-0.2, -0.15) is 0 Å². The van der Waals surface area contributed by atoms with Crippen LogP contribution in [0.5, 0.6) is 0 Å². The van der Waals surface area contributed by atoms with E-state index in [0.717, 1.165) is 22.9 Å². The summed E-state index contributed by atoms with van der Waals surface area (Å²) in [6, 6.07) is 28.9. The number of hydrogen-bond acceptors (Lipinski definition) is 3. The van der Waals surface area contributed by atoms with Gasteiger partial charge in [0.2, 0.25) is 0 Å². The van der Waals surface area contributed by atoms with Crippen LogP contribution in [0.1, 0.15) is 61.9 Å². The van der Waals surface area contributed by atoms with Gasteiger partial charge >= 0.3 is 0 Å². The number of rotatable bonds is 8. The zero-order valence-corrected chi connectivity index (χ0v) is 23.1. The van der Waals surface area contributed by atoms with Gasteiger partial charge in [0.15, 0.2) is 0 Å². The Balaban J connectivity index is 1.73. The fourth-order valence-corrected chi connectivity index (χ4v) is 5.36. The summed E-state index contributed by atoms with van der Waals surface area (Å²) in [7, 11) is 0. The quantitative estimate of drug-likeness (QED) is 0.216. The molecule has 1 heterocycles. The molecule has 0 fully saturated rings. The van der Waals surface area contributed by atoms with Gasteiger partial charge < -0.3 is 4.90 Å². The predicted molar refractivity (Wildman–Crippen MR) is 160 cm³/mol. The van der Waals surface area contributed by atoms with Crippen molar-refractivity contribution in [2.45, 2.75) is 46.6 Å². The second-order valence-corrected chi connectivity index (χ2v) is 10.4. The number of amides is 1. The Labute approximate surface area is 229 Å². The molecule has 0 aliphatic heterocycles. The van der Waals surface area contributed by atoms with Crippen molar-refractivity contribution in [3.63, 3.8) is 0 Å². The number of para-hydroxylation sites is 1. The van der Waals surface area contributed by atoms with Gasteiger partial charge in [-0.3, -0.25) is 14.2 Å². The number of benzene rings is 4. The largest absolute Gasteiger partial charge is 0.328 e. The van der Waals surface area contributed by atoms with Crippen LogP contribution < -0.4 is 5.56 Å². The van der Waals surface area contributed by atoms with Crippen molar-refractivity contribution >= 4 is 27.6 Å². The highest BCUT2D eigenvalue weighted by atomic mass is 16.2. The van der Waals surface area contributed by atoms with Crippen LogP contribution in [0.2, 0.25) is 0 Å². The second kappa shape index (κ2) is 11.2. The first-order valence-corrected chi connectivity index (χ1v) is 13.8. The van der Waals surface area contributed by atoms with Gasteiger partial charge in [0, 0.05) is 12.1 Å². The van der Waals surface area contributed by atoms with Gasteiger partial charge in [-0.25, -0.2) is 4.98 Å². The second-order valence-electron chi connectivity index (χ2n) is 10.4. The molecule has 0 bridgehead atoms. The van der Waals surface area contributed by atoms with Crippen molar-refractivity contribution in [1.29, 1.82) is 0 Å². The monoisotopic (exact) mass is 517 g/mol. The highest BCUT2D eigenvalue weighted by molar-refractivity contribution is 6.07. The minimum absolute atomic E-state index is 0.0531. The molecule has 0 saturated heterocycles. The number of aryl methyl sites for hydroxylation is 1. The molecule has 5 nitrogen and oxygen atoms in total. The van der Waals surface area contributed by atoms with Crippen molar-refractivity contribution in [3.05, 3.63) is 118 Å². The Morgan fingerprint density at radius 3 is 2.21 bits per heavy atom. The third-order valence-corrected chi connectivity index (χ3v) is 7.31. The number of carbonyl (C=O) groups is 1. The zero-order chi connectivity index (χ0) is 27.5. The molecule has 1 amide bonds. The van der Waals surface area contributed by atoms with Crippen molar-refractivity contribution in [1.82, 2.24) is 14.5 Å². The summed E-state index contributed by atoms with van der Waals surface area (Å²) in [6.45, 7) is 8.93. The maximum absolute atomic E-state index is 14.4. The molecular formula is C34H35N3O2. The van der Waals surface area contributed by atoms with E-state index in [0.29, 0.717) is 35.3 Å². The minimum Gasteiger partial charge on any atom is -0.328 e. The lowest BCUT2D eigenvalue weighted by molar-refractivity contribution is 0.0633. The summed E-state index contributed by atoms with van der Waals surface area (Å²) in [5.41, 5.74) is 3.13. The molecular weight excluding hydrogens is 482 g/mol. The molecule has 5 aromatic rings.